The highest BCUT2D eigenvalue weighted by Gasteiger charge is 2.16. The molecule has 5 aromatic rings. The number of carbonyl (C=O) groups is 1. The minimum absolute atomic E-state index is 0.0906. The van der Waals surface area contributed by atoms with E-state index in [1.165, 1.54) is 0 Å². The number of methoxy groups -OCH3 is 1. The van der Waals surface area contributed by atoms with Crippen LogP contribution in [0.4, 0.5) is 0 Å². The Labute approximate surface area is 200 Å². The predicted molar refractivity (Wildman–Crippen MR) is 129 cm³/mol. The molecule has 0 radical (unpaired) electrons. The van der Waals surface area contributed by atoms with Crippen LogP contribution in [0.2, 0.25) is 5.15 Å². The van der Waals surface area contributed by atoms with Crippen molar-refractivity contribution in [3.05, 3.63) is 77.2 Å². The molecule has 0 N–H and O–H groups in total. The van der Waals surface area contributed by atoms with Crippen molar-refractivity contribution in [3.63, 3.8) is 0 Å². The van der Waals surface area contributed by atoms with E-state index in [1.807, 2.05) is 47.1 Å². The summed E-state index contributed by atoms with van der Waals surface area (Å²) in [6.07, 6.45) is 3.55. The van der Waals surface area contributed by atoms with Crippen LogP contribution in [0.3, 0.4) is 0 Å². The minimum Gasteiger partial charge on any atom is -0.497 e. The number of rotatable bonds is 6. The van der Waals surface area contributed by atoms with Gasteiger partial charge in [0.15, 0.2) is 5.65 Å². The predicted octanol–water partition coefficient (Wildman–Crippen LogP) is 4.93. The maximum absolute atomic E-state index is 12.2. The first kappa shape index (κ1) is 21.8. The molecule has 0 saturated carbocycles. The Balaban J connectivity index is 1.47. The molecular weight excluding hydrogens is 454 g/mol. The summed E-state index contributed by atoms with van der Waals surface area (Å²) in [4.78, 5) is 25.8. The smallest absolute Gasteiger partial charge is 0.341 e. The average Bonchev–Trinajstić information content (AvgIpc) is 3.25. The molecule has 8 nitrogen and oxygen atoms in total. The van der Waals surface area contributed by atoms with Gasteiger partial charge in [-0.3, -0.25) is 0 Å². The number of halogens is 1. The summed E-state index contributed by atoms with van der Waals surface area (Å²) in [7, 11) is 1.65. The van der Waals surface area contributed by atoms with Gasteiger partial charge in [0.2, 0.25) is 0 Å². The molecule has 4 aromatic heterocycles. The molecular formula is C25H20ClN5O3. The van der Waals surface area contributed by atoms with E-state index in [4.69, 9.17) is 21.1 Å². The number of carbonyl (C=O) groups excluding carboxylic acids is 1. The molecule has 0 bridgehead atoms. The second-order valence-electron chi connectivity index (χ2n) is 7.57. The van der Waals surface area contributed by atoms with E-state index in [1.54, 1.807) is 32.5 Å². The molecule has 0 saturated heterocycles. The van der Waals surface area contributed by atoms with Crippen LogP contribution in [0.25, 0.3) is 33.3 Å². The number of pyridine rings is 3. The molecule has 0 unspecified atom stereocenters. The lowest BCUT2D eigenvalue weighted by atomic mass is 10.1. The highest BCUT2D eigenvalue weighted by Crippen LogP contribution is 2.26. The molecule has 0 aliphatic rings. The number of ether oxygens (including phenoxy) is 2. The fourth-order valence-corrected chi connectivity index (χ4v) is 3.90. The average molecular weight is 474 g/mol. The number of hydrogen-bond donors (Lipinski definition) is 0. The summed E-state index contributed by atoms with van der Waals surface area (Å²) in [5.41, 5.74) is 4.71. The van der Waals surface area contributed by atoms with E-state index in [9.17, 15) is 4.79 Å². The molecule has 0 aliphatic heterocycles. The van der Waals surface area contributed by atoms with Gasteiger partial charge in [-0.15, -0.1) is 0 Å². The Kier molecular flexibility index (Phi) is 5.81. The first-order valence-electron chi connectivity index (χ1n) is 10.6. The normalized spacial score (nSPS) is 11.1. The molecule has 0 spiro atoms. The molecule has 0 fully saturated rings. The van der Waals surface area contributed by atoms with E-state index >= 15 is 0 Å². The molecule has 5 rings (SSSR count). The highest BCUT2D eigenvalue weighted by molar-refractivity contribution is 6.32. The van der Waals surface area contributed by atoms with E-state index < -0.39 is 5.97 Å². The first-order valence-corrected chi connectivity index (χ1v) is 11.0. The first-order chi connectivity index (χ1) is 16.6. The number of fused-ring (bicyclic) bond motifs is 2. The summed E-state index contributed by atoms with van der Waals surface area (Å²) in [5.74, 6) is 0.285. The third kappa shape index (κ3) is 4.15. The van der Waals surface area contributed by atoms with Crippen molar-refractivity contribution in [1.29, 1.82) is 0 Å². The zero-order valence-electron chi connectivity index (χ0n) is 18.5. The van der Waals surface area contributed by atoms with Crippen LogP contribution in [0.1, 0.15) is 22.8 Å². The van der Waals surface area contributed by atoms with Crippen LogP contribution < -0.4 is 4.74 Å². The second-order valence-corrected chi connectivity index (χ2v) is 7.93. The quantitative estimate of drug-likeness (QED) is 0.255. The molecule has 34 heavy (non-hydrogen) atoms. The van der Waals surface area contributed by atoms with Gasteiger partial charge < -0.3 is 9.47 Å². The number of nitrogens with zero attached hydrogens (tertiary/aromatic N) is 5. The number of aromatic nitrogens is 5. The fraction of sp³-hybridized carbons (Fsp3) is 0.160. The van der Waals surface area contributed by atoms with Gasteiger partial charge in [0, 0.05) is 17.1 Å². The SMILES string of the molecule is CCOC(=O)c1cc2nc(-c3cnc4c(cnn4Cc4ccc(OC)cc4)c3)ccc2nc1Cl. The lowest BCUT2D eigenvalue weighted by Gasteiger charge is -2.07. The largest absolute Gasteiger partial charge is 0.497 e. The van der Waals surface area contributed by atoms with Crippen molar-refractivity contribution in [2.45, 2.75) is 13.5 Å². The van der Waals surface area contributed by atoms with E-state index in [2.05, 4.69) is 20.1 Å². The van der Waals surface area contributed by atoms with Gasteiger partial charge in [0.05, 0.1) is 48.7 Å². The van der Waals surface area contributed by atoms with E-state index in [0.717, 1.165) is 27.9 Å². The molecule has 1 aromatic carbocycles. The molecule has 9 heteroatoms. The van der Waals surface area contributed by atoms with Gasteiger partial charge in [0.1, 0.15) is 10.9 Å². The Bertz CT molecular complexity index is 1520. The number of esters is 1. The molecule has 0 atom stereocenters. The van der Waals surface area contributed by atoms with Crippen molar-refractivity contribution in [1.82, 2.24) is 24.7 Å². The number of hydrogen-bond acceptors (Lipinski definition) is 7. The third-order valence-corrected chi connectivity index (χ3v) is 5.67. The summed E-state index contributed by atoms with van der Waals surface area (Å²) in [6, 6.07) is 15.1. The Morgan fingerprint density at radius 1 is 1.03 bits per heavy atom. The Hall–Kier alpha value is -4.04. The third-order valence-electron chi connectivity index (χ3n) is 5.38. The van der Waals surface area contributed by atoms with E-state index in [0.29, 0.717) is 23.3 Å². The standard InChI is InChI=1S/C25H20ClN5O3/c1-3-34-25(32)19-11-22-21(30-23(19)26)9-8-20(29-22)16-10-17-13-28-31(24(17)27-12-16)14-15-4-6-18(33-2)7-5-15/h4-13H,3,14H2,1-2H3. The highest BCUT2D eigenvalue weighted by atomic mass is 35.5. The lowest BCUT2D eigenvalue weighted by Crippen LogP contribution is -2.06. The fourth-order valence-electron chi connectivity index (χ4n) is 3.67. The molecule has 4 heterocycles. The van der Waals surface area contributed by atoms with Crippen molar-refractivity contribution in [3.8, 4) is 17.0 Å². The van der Waals surface area contributed by atoms with Gasteiger partial charge >= 0.3 is 5.97 Å². The van der Waals surface area contributed by atoms with Gasteiger partial charge in [-0.2, -0.15) is 5.10 Å². The molecule has 0 amide bonds. The van der Waals surface area contributed by atoms with Gasteiger partial charge in [-0.1, -0.05) is 23.7 Å². The molecule has 170 valence electrons. The number of benzene rings is 1. The topological polar surface area (TPSA) is 92.0 Å². The van der Waals surface area contributed by atoms with Crippen molar-refractivity contribution < 1.29 is 14.3 Å². The van der Waals surface area contributed by atoms with Gasteiger partial charge in [0.25, 0.3) is 0 Å². The monoisotopic (exact) mass is 473 g/mol. The van der Waals surface area contributed by atoms with Gasteiger partial charge in [-0.05, 0) is 48.9 Å². The Morgan fingerprint density at radius 2 is 1.85 bits per heavy atom. The minimum atomic E-state index is -0.526. The Morgan fingerprint density at radius 3 is 2.62 bits per heavy atom. The summed E-state index contributed by atoms with van der Waals surface area (Å²) >= 11 is 6.17. The van der Waals surface area contributed by atoms with Crippen LogP contribution in [-0.2, 0) is 11.3 Å². The van der Waals surface area contributed by atoms with Crippen molar-refractivity contribution >= 4 is 39.6 Å². The summed E-state index contributed by atoms with van der Waals surface area (Å²) in [6.45, 7) is 2.58. The maximum Gasteiger partial charge on any atom is 0.341 e. The van der Waals surface area contributed by atoms with Crippen molar-refractivity contribution in [2.75, 3.05) is 13.7 Å². The summed E-state index contributed by atoms with van der Waals surface area (Å²) in [5, 5.41) is 5.49. The summed E-state index contributed by atoms with van der Waals surface area (Å²) < 4.78 is 12.1. The second kappa shape index (κ2) is 9.07. The zero-order chi connectivity index (χ0) is 23.7. The zero-order valence-corrected chi connectivity index (χ0v) is 19.3. The van der Waals surface area contributed by atoms with Crippen LogP contribution in [0, 0.1) is 0 Å². The van der Waals surface area contributed by atoms with E-state index in [-0.39, 0.29) is 17.3 Å². The van der Waals surface area contributed by atoms with Crippen LogP contribution >= 0.6 is 11.6 Å². The van der Waals surface area contributed by atoms with Crippen molar-refractivity contribution in [2.24, 2.45) is 0 Å². The van der Waals surface area contributed by atoms with Crippen LogP contribution in [0.5, 0.6) is 5.75 Å². The van der Waals surface area contributed by atoms with Gasteiger partial charge in [-0.25, -0.2) is 24.4 Å². The maximum atomic E-state index is 12.2. The van der Waals surface area contributed by atoms with Crippen LogP contribution in [0.15, 0.2) is 60.9 Å². The van der Waals surface area contributed by atoms with Crippen LogP contribution in [-0.4, -0.2) is 44.4 Å². The lowest BCUT2D eigenvalue weighted by molar-refractivity contribution is 0.0526. The molecule has 0 aliphatic carbocycles.